The number of rotatable bonds is 37. The summed E-state index contributed by atoms with van der Waals surface area (Å²) in [7, 11) is -4.49. The number of allylic oxidation sites excluding steroid dienone is 7. The van der Waals surface area contributed by atoms with Crippen molar-refractivity contribution < 1.29 is 57.3 Å². The quantitative estimate of drug-likeness (QED) is 0.0139. The fourth-order valence-electron chi connectivity index (χ4n) is 6.21. The molecule has 61 heavy (non-hydrogen) atoms. The van der Waals surface area contributed by atoms with E-state index < -0.39 is 50.8 Å². The minimum Gasteiger partial charge on any atom is -0.466 e. The standard InChI is InChI=1S/C47H78NO12P/c1-5-7-19-26-40(49)27-21-15-13-14-16-22-28-42(50)43(51)29-25-33-47(53)59-41(37-58-61(54,55)57-35-34-48)36-56-46(52)32-24-18-12-10-9-11-17-23-31-45-39(4)38(3)44(60-45)30-20-8-6-2/h7,13-16,19,21-22,27-28,40-43,49-51H,5-6,8-12,17-18,20,23-26,29-37,48H2,1-4H3,(H,54,55)/b15-13+,16-14-,19-7-,27-21+,28-22-/t40-,41+,42+,43+/m0/s1. The van der Waals surface area contributed by atoms with Gasteiger partial charge in [0, 0.05) is 32.2 Å². The molecule has 0 saturated heterocycles. The minimum atomic E-state index is -4.49. The molecular weight excluding hydrogens is 801 g/mol. The summed E-state index contributed by atoms with van der Waals surface area (Å²) >= 11 is 0. The average Bonchev–Trinajstić information content (AvgIpc) is 3.50. The van der Waals surface area contributed by atoms with Gasteiger partial charge >= 0.3 is 19.8 Å². The van der Waals surface area contributed by atoms with E-state index in [1.165, 1.54) is 36.5 Å². The van der Waals surface area contributed by atoms with Gasteiger partial charge in [-0.1, -0.05) is 126 Å². The van der Waals surface area contributed by atoms with Crippen molar-refractivity contribution in [2.45, 2.75) is 174 Å². The van der Waals surface area contributed by atoms with E-state index in [4.69, 9.17) is 28.7 Å². The normalized spacial score (nSPS) is 15.4. The molecule has 0 radical (unpaired) electrons. The van der Waals surface area contributed by atoms with E-state index in [0.717, 1.165) is 75.7 Å². The predicted molar refractivity (Wildman–Crippen MR) is 241 cm³/mol. The van der Waals surface area contributed by atoms with Gasteiger partial charge in [-0.3, -0.25) is 18.6 Å². The number of carbonyl (C=O) groups is 2. The SMILES string of the molecule is CC/C=C\C[C@H](O)/C=C/C=C/C=C\C=C/[C@@H](O)[C@H](O)CCCC(=O)O[C@H](COC(=O)CCCCCCCCCCc1oc(CCCCC)c(C)c1C)COP(=O)(O)OCCN. The van der Waals surface area contributed by atoms with E-state index in [0.29, 0.717) is 12.8 Å². The molecule has 0 aliphatic heterocycles. The molecule has 5 atom stereocenters. The van der Waals surface area contributed by atoms with E-state index in [1.807, 2.05) is 19.1 Å². The highest BCUT2D eigenvalue weighted by Gasteiger charge is 2.26. The van der Waals surface area contributed by atoms with E-state index in [9.17, 15) is 34.4 Å². The van der Waals surface area contributed by atoms with Crippen molar-refractivity contribution in [1.29, 1.82) is 0 Å². The molecule has 1 rings (SSSR count). The Balaban J connectivity index is 2.40. The van der Waals surface area contributed by atoms with Crippen LogP contribution in [0.3, 0.4) is 0 Å². The number of carbonyl (C=O) groups excluding carboxylic acids is 2. The van der Waals surface area contributed by atoms with E-state index >= 15 is 0 Å². The molecule has 0 bridgehead atoms. The zero-order chi connectivity index (χ0) is 45.1. The lowest BCUT2D eigenvalue weighted by molar-refractivity contribution is -0.161. The largest absolute Gasteiger partial charge is 0.472 e. The fraction of sp³-hybridized carbons (Fsp3) is 0.660. The number of nitrogens with two attached hydrogens (primary N) is 1. The zero-order valence-electron chi connectivity index (χ0n) is 37.4. The molecule has 1 unspecified atom stereocenters. The third-order valence-electron chi connectivity index (χ3n) is 9.96. The van der Waals surface area contributed by atoms with Gasteiger partial charge in [-0.05, 0) is 69.9 Å². The second kappa shape index (κ2) is 35.3. The summed E-state index contributed by atoms with van der Waals surface area (Å²) in [5, 5.41) is 30.5. The number of ether oxygens (including phenoxy) is 2. The Kier molecular flexibility index (Phi) is 32.4. The average molecular weight is 880 g/mol. The van der Waals surface area contributed by atoms with Crippen molar-refractivity contribution in [1.82, 2.24) is 0 Å². The maximum absolute atomic E-state index is 12.7. The first kappa shape index (κ1) is 55.9. The van der Waals surface area contributed by atoms with Crippen LogP contribution in [0.5, 0.6) is 0 Å². The maximum Gasteiger partial charge on any atom is 0.472 e. The number of phosphoric ester groups is 1. The Morgan fingerprint density at radius 2 is 1.30 bits per heavy atom. The van der Waals surface area contributed by atoms with Crippen LogP contribution >= 0.6 is 7.82 Å². The van der Waals surface area contributed by atoms with Gasteiger partial charge in [0.1, 0.15) is 18.1 Å². The van der Waals surface area contributed by atoms with E-state index in [2.05, 4.69) is 20.8 Å². The van der Waals surface area contributed by atoms with Crippen LogP contribution in [0.25, 0.3) is 0 Å². The van der Waals surface area contributed by atoms with Crippen LogP contribution < -0.4 is 5.73 Å². The van der Waals surface area contributed by atoms with Gasteiger partial charge in [0.2, 0.25) is 0 Å². The van der Waals surface area contributed by atoms with Gasteiger partial charge in [0.15, 0.2) is 6.10 Å². The van der Waals surface area contributed by atoms with Crippen LogP contribution in [0.4, 0.5) is 0 Å². The molecule has 0 aromatic carbocycles. The second-order valence-electron chi connectivity index (χ2n) is 15.3. The van der Waals surface area contributed by atoms with E-state index in [1.54, 1.807) is 42.5 Å². The van der Waals surface area contributed by atoms with Gasteiger partial charge in [-0.25, -0.2) is 4.57 Å². The summed E-state index contributed by atoms with van der Waals surface area (Å²) < 4.78 is 38.8. The van der Waals surface area contributed by atoms with Crippen molar-refractivity contribution in [2.24, 2.45) is 5.73 Å². The zero-order valence-corrected chi connectivity index (χ0v) is 38.3. The number of aliphatic hydroxyl groups excluding tert-OH is 3. The van der Waals surface area contributed by atoms with Crippen LogP contribution in [0.1, 0.15) is 146 Å². The molecule has 13 nitrogen and oxygen atoms in total. The summed E-state index contributed by atoms with van der Waals surface area (Å²) in [6.45, 7) is 7.39. The van der Waals surface area contributed by atoms with Gasteiger partial charge < -0.3 is 39.8 Å². The van der Waals surface area contributed by atoms with Gasteiger partial charge in [0.05, 0.1) is 31.5 Å². The van der Waals surface area contributed by atoms with Gasteiger partial charge in [-0.15, -0.1) is 0 Å². The molecule has 0 amide bonds. The summed E-state index contributed by atoms with van der Waals surface area (Å²) in [5.74, 6) is 1.10. The number of aliphatic hydroxyl groups is 3. The molecule has 348 valence electrons. The lowest BCUT2D eigenvalue weighted by Crippen LogP contribution is -2.30. The molecular formula is C47H78NO12P. The first-order chi connectivity index (χ1) is 29.3. The first-order valence-electron chi connectivity index (χ1n) is 22.5. The number of phosphoric acid groups is 1. The molecule has 0 fully saturated rings. The number of unbranched alkanes of at least 4 members (excludes halogenated alkanes) is 9. The van der Waals surface area contributed by atoms with Crippen molar-refractivity contribution in [3.05, 3.63) is 83.4 Å². The second-order valence-corrected chi connectivity index (χ2v) is 16.8. The summed E-state index contributed by atoms with van der Waals surface area (Å²) in [4.78, 5) is 35.1. The fourth-order valence-corrected chi connectivity index (χ4v) is 6.98. The molecule has 0 aliphatic carbocycles. The molecule has 1 aromatic rings. The Bertz CT molecular complexity index is 1520. The van der Waals surface area contributed by atoms with Crippen molar-refractivity contribution in [3.63, 3.8) is 0 Å². The lowest BCUT2D eigenvalue weighted by Gasteiger charge is -2.20. The molecule has 0 saturated carbocycles. The topological polar surface area (TPSA) is 208 Å². The van der Waals surface area contributed by atoms with Crippen LogP contribution in [0, 0.1) is 13.8 Å². The highest BCUT2D eigenvalue weighted by Crippen LogP contribution is 2.43. The molecule has 1 aromatic heterocycles. The molecule has 6 N–H and O–H groups in total. The maximum atomic E-state index is 12.7. The third kappa shape index (κ3) is 29.0. The number of hydrogen-bond donors (Lipinski definition) is 5. The summed E-state index contributed by atoms with van der Waals surface area (Å²) in [6.07, 6.45) is 28.8. The van der Waals surface area contributed by atoms with Crippen LogP contribution in [-0.2, 0) is 45.5 Å². The summed E-state index contributed by atoms with van der Waals surface area (Å²) in [5.41, 5.74) is 7.95. The molecule has 0 aliphatic rings. The highest BCUT2D eigenvalue weighted by atomic mass is 31.2. The Labute approximate surface area is 365 Å². The summed E-state index contributed by atoms with van der Waals surface area (Å²) in [6, 6.07) is 0. The van der Waals surface area contributed by atoms with Crippen molar-refractivity contribution >= 4 is 19.8 Å². The van der Waals surface area contributed by atoms with Gasteiger partial charge in [0.25, 0.3) is 0 Å². The lowest BCUT2D eigenvalue weighted by atomic mass is 10.0. The van der Waals surface area contributed by atoms with Gasteiger partial charge in [-0.2, -0.15) is 0 Å². The number of furan rings is 1. The van der Waals surface area contributed by atoms with Crippen LogP contribution in [0.15, 0.2) is 65.2 Å². The Morgan fingerprint density at radius 3 is 1.92 bits per heavy atom. The smallest absolute Gasteiger partial charge is 0.466 e. The number of aryl methyl sites for hydroxylation is 2. The first-order valence-corrected chi connectivity index (χ1v) is 23.9. The Hall–Kier alpha value is -3.13. The van der Waals surface area contributed by atoms with E-state index in [-0.39, 0.29) is 45.4 Å². The van der Waals surface area contributed by atoms with Crippen LogP contribution in [0.2, 0.25) is 0 Å². The van der Waals surface area contributed by atoms with Crippen molar-refractivity contribution in [3.8, 4) is 0 Å². The Morgan fingerprint density at radius 1 is 0.721 bits per heavy atom. The monoisotopic (exact) mass is 880 g/mol. The highest BCUT2D eigenvalue weighted by molar-refractivity contribution is 7.47. The molecule has 14 heteroatoms. The van der Waals surface area contributed by atoms with Crippen molar-refractivity contribution in [2.75, 3.05) is 26.4 Å². The predicted octanol–water partition coefficient (Wildman–Crippen LogP) is 9.06. The molecule has 0 spiro atoms. The third-order valence-corrected chi connectivity index (χ3v) is 10.9. The van der Waals surface area contributed by atoms with Crippen LogP contribution in [-0.4, -0.2) is 82.9 Å². The minimum absolute atomic E-state index is 0.0115. The molecule has 1 heterocycles. The number of hydrogen-bond acceptors (Lipinski definition) is 12. The number of esters is 2.